The number of benzene rings is 1. The van der Waals surface area contributed by atoms with Crippen LogP contribution in [-0.4, -0.2) is 25.7 Å². The molecule has 5 heteroatoms. The Morgan fingerprint density at radius 2 is 2.00 bits per heavy atom. The fourth-order valence-electron chi connectivity index (χ4n) is 2.05. The van der Waals surface area contributed by atoms with Crippen LogP contribution >= 0.6 is 0 Å². The van der Waals surface area contributed by atoms with E-state index in [9.17, 15) is 8.42 Å². The molecular weight excluding hydrogens is 260 g/mol. The minimum absolute atomic E-state index is 0.181. The topological polar surface area (TPSA) is 59.1 Å². The molecule has 0 unspecified atom stereocenters. The zero-order valence-electron chi connectivity index (χ0n) is 11.0. The summed E-state index contributed by atoms with van der Waals surface area (Å²) in [5, 5.41) is 1.08. The molecule has 0 aliphatic carbocycles. The first-order chi connectivity index (χ1) is 9.12. The summed E-state index contributed by atoms with van der Waals surface area (Å²) in [5.74, 6) is 0.181. The Bertz CT molecular complexity index is 648. The van der Waals surface area contributed by atoms with Gasteiger partial charge < -0.3 is 0 Å². The number of aromatic nitrogens is 1. The maximum Gasteiger partial charge on any atom is 0.211 e. The van der Waals surface area contributed by atoms with Gasteiger partial charge >= 0.3 is 0 Å². The van der Waals surface area contributed by atoms with E-state index in [4.69, 9.17) is 0 Å². The van der Waals surface area contributed by atoms with Crippen molar-refractivity contribution in [1.29, 1.82) is 0 Å². The highest BCUT2D eigenvalue weighted by atomic mass is 32.2. The van der Waals surface area contributed by atoms with Crippen molar-refractivity contribution in [3.8, 4) is 0 Å². The van der Waals surface area contributed by atoms with Crippen molar-refractivity contribution in [2.75, 3.05) is 12.3 Å². The molecule has 2 rings (SSSR count). The van der Waals surface area contributed by atoms with E-state index in [1.807, 2.05) is 37.3 Å². The molecule has 0 saturated carbocycles. The highest BCUT2D eigenvalue weighted by molar-refractivity contribution is 7.89. The van der Waals surface area contributed by atoms with Crippen molar-refractivity contribution in [1.82, 2.24) is 9.71 Å². The third-order valence-corrected chi connectivity index (χ3v) is 4.50. The second-order valence-electron chi connectivity index (χ2n) is 4.46. The average molecular weight is 278 g/mol. The number of pyridine rings is 1. The molecule has 1 aromatic heterocycles. The summed E-state index contributed by atoms with van der Waals surface area (Å²) in [6.45, 7) is 2.27. The number of nitrogens with zero attached hydrogens (tertiary/aromatic N) is 1. The van der Waals surface area contributed by atoms with Crippen LogP contribution in [-0.2, 0) is 16.4 Å². The molecule has 1 heterocycles. The van der Waals surface area contributed by atoms with Gasteiger partial charge in [-0.05, 0) is 24.5 Å². The standard InChI is InChI=1S/C14H18N2O2S/c1-2-11-19(17,18)16-10-8-13-6-3-5-12-7-4-9-15-14(12)13/h3-7,9,16H,2,8,10-11H2,1H3. The molecule has 0 bridgehead atoms. The maximum absolute atomic E-state index is 11.6. The second-order valence-corrected chi connectivity index (χ2v) is 6.38. The van der Waals surface area contributed by atoms with Gasteiger partial charge in [-0.1, -0.05) is 31.2 Å². The molecule has 1 aromatic carbocycles. The van der Waals surface area contributed by atoms with Crippen LogP contribution in [0.15, 0.2) is 36.5 Å². The third kappa shape index (κ3) is 3.75. The van der Waals surface area contributed by atoms with E-state index in [2.05, 4.69) is 9.71 Å². The van der Waals surface area contributed by atoms with Crippen LogP contribution in [0.2, 0.25) is 0 Å². The van der Waals surface area contributed by atoms with E-state index in [-0.39, 0.29) is 5.75 Å². The van der Waals surface area contributed by atoms with Crippen LogP contribution in [0.3, 0.4) is 0 Å². The fraction of sp³-hybridized carbons (Fsp3) is 0.357. The Hall–Kier alpha value is -1.46. The van der Waals surface area contributed by atoms with E-state index < -0.39 is 10.0 Å². The number of para-hydroxylation sites is 1. The van der Waals surface area contributed by atoms with Gasteiger partial charge in [-0.15, -0.1) is 0 Å². The maximum atomic E-state index is 11.6. The van der Waals surface area contributed by atoms with E-state index in [0.29, 0.717) is 19.4 Å². The van der Waals surface area contributed by atoms with Gasteiger partial charge in [0.05, 0.1) is 11.3 Å². The summed E-state index contributed by atoms with van der Waals surface area (Å²) in [5.41, 5.74) is 2.01. The van der Waals surface area contributed by atoms with Crippen molar-refractivity contribution in [3.63, 3.8) is 0 Å². The SMILES string of the molecule is CCCS(=O)(=O)NCCc1cccc2cccnc12. The number of sulfonamides is 1. The molecule has 4 nitrogen and oxygen atoms in total. The van der Waals surface area contributed by atoms with E-state index in [1.165, 1.54) is 0 Å². The summed E-state index contributed by atoms with van der Waals surface area (Å²) in [4.78, 5) is 4.36. The zero-order chi connectivity index (χ0) is 13.7. The number of nitrogens with one attached hydrogen (secondary N) is 1. The van der Waals surface area contributed by atoms with Gasteiger partial charge in [0.25, 0.3) is 0 Å². The predicted molar refractivity (Wildman–Crippen MR) is 77.5 cm³/mol. The van der Waals surface area contributed by atoms with Crippen molar-refractivity contribution in [2.45, 2.75) is 19.8 Å². The number of fused-ring (bicyclic) bond motifs is 1. The number of rotatable bonds is 6. The quantitative estimate of drug-likeness (QED) is 0.880. The normalized spacial score (nSPS) is 11.8. The van der Waals surface area contributed by atoms with Crippen molar-refractivity contribution in [3.05, 3.63) is 42.1 Å². The van der Waals surface area contributed by atoms with E-state index >= 15 is 0 Å². The molecule has 0 amide bonds. The number of hydrogen-bond donors (Lipinski definition) is 1. The lowest BCUT2D eigenvalue weighted by Crippen LogP contribution is -2.28. The largest absolute Gasteiger partial charge is 0.256 e. The lowest BCUT2D eigenvalue weighted by atomic mass is 10.1. The van der Waals surface area contributed by atoms with Gasteiger partial charge in [0.2, 0.25) is 10.0 Å². The first-order valence-electron chi connectivity index (χ1n) is 6.42. The summed E-state index contributed by atoms with van der Waals surface area (Å²) in [7, 11) is -3.13. The van der Waals surface area contributed by atoms with Crippen LogP contribution < -0.4 is 4.72 Å². The molecule has 102 valence electrons. The molecule has 0 aliphatic rings. The molecular formula is C14H18N2O2S. The molecule has 0 fully saturated rings. The van der Waals surface area contributed by atoms with E-state index in [1.54, 1.807) is 6.20 Å². The molecule has 19 heavy (non-hydrogen) atoms. The summed E-state index contributed by atoms with van der Waals surface area (Å²) < 4.78 is 25.7. The molecule has 0 atom stereocenters. The smallest absolute Gasteiger partial charge is 0.211 e. The highest BCUT2D eigenvalue weighted by Crippen LogP contribution is 2.16. The fourth-order valence-corrected chi connectivity index (χ4v) is 3.15. The van der Waals surface area contributed by atoms with Crippen LogP contribution in [0.1, 0.15) is 18.9 Å². The van der Waals surface area contributed by atoms with Gasteiger partial charge in [-0.25, -0.2) is 13.1 Å². The summed E-state index contributed by atoms with van der Waals surface area (Å²) >= 11 is 0. The molecule has 1 N–H and O–H groups in total. The van der Waals surface area contributed by atoms with Crippen LogP contribution in [0.5, 0.6) is 0 Å². The average Bonchev–Trinajstić information content (AvgIpc) is 2.39. The minimum atomic E-state index is -3.13. The van der Waals surface area contributed by atoms with Crippen LogP contribution in [0.4, 0.5) is 0 Å². The van der Waals surface area contributed by atoms with Gasteiger partial charge in [0.15, 0.2) is 0 Å². The predicted octanol–water partition coefficient (Wildman–Crippen LogP) is 2.11. The zero-order valence-corrected chi connectivity index (χ0v) is 11.8. The van der Waals surface area contributed by atoms with Crippen molar-refractivity contribution < 1.29 is 8.42 Å². The Kier molecular flexibility index (Phi) is 4.50. The molecule has 0 radical (unpaired) electrons. The van der Waals surface area contributed by atoms with Gasteiger partial charge in [-0.2, -0.15) is 0 Å². The molecule has 0 aliphatic heterocycles. The molecule has 0 spiro atoms. The summed E-state index contributed by atoms with van der Waals surface area (Å²) in [6, 6.07) is 9.87. The Balaban J connectivity index is 2.06. The monoisotopic (exact) mass is 278 g/mol. The first kappa shape index (κ1) is 14.0. The molecule has 2 aromatic rings. The minimum Gasteiger partial charge on any atom is -0.256 e. The van der Waals surface area contributed by atoms with E-state index in [0.717, 1.165) is 16.5 Å². The van der Waals surface area contributed by atoms with Gasteiger partial charge in [-0.3, -0.25) is 4.98 Å². The third-order valence-electron chi connectivity index (χ3n) is 2.91. The van der Waals surface area contributed by atoms with Crippen molar-refractivity contribution >= 4 is 20.9 Å². The second kappa shape index (κ2) is 6.12. The van der Waals surface area contributed by atoms with Crippen molar-refractivity contribution in [2.24, 2.45) is 0 Å². The number of hydrogen-bond acceptors (Lipinski definition) is 3. The first-order valence-corrected chi connectivity index (χ1v) is 8.07. The molecule has 0 saturated heterocycles. The highest BCUT2D eigenvalue weighted by Gasteiger charge is 2.08. The Morgan fingerprint density at radius 1 is 1.21 bits per heavy atom. The lowest BCUT2D eigenvalue weighted by Gasteiger charge is -2.07. The van der Waals surface area contributed by atoms with Crippen LogP contribution in [0.25, 0.3) is 10.9 Å². The lowest BCUT2D eigenvalue weighted by molar-refractivity contribution is 0.580. The Morgan fingerprint density at radius 3 is 2.79 bits per heavy atom. The Labute approximate surface area is 113 Å². The van der Waals surface area contributed by atoms with Crippen LogP contribution in [0, 0.1) is 0 Å². The van der Waals surface area contributed by atoms with Gasteiger partial charge in [0, 0.05) is 18.1 Å². The summed E-state index contributed by atoms with van der Waals surface area (Å²) in [6.07, 6.45) is 3.04. The van der Waals surface area contributed by atoms with Gasteiger partial charge in [0.1, 0.15) is 0 Å².